The Bertz CT molecular complexity index is 606. The Morgan fingerprint density at radius 3 is 3.09 bits per heavy atom. The lowest BCUT2D eigenvalue weighted by molar-refractivity contribution is -0.0166. The monoisotopic (exact) mass is 307 g/mol. The van der Waals surface area contributed by atoms with Crippen LogP contribution in [0.2, 0.25) is 0 Å². The van der Waals surface area contributed by atoms with Gasteiger partial charge in [-0.3, -0.25) is 4.90 Å². The van der Waals surface area contributed by atoms with Crippen LogP contribution in [0, 0.1) is 5.82 Å². The van der Waals surface area contributed by atoms with Gasteiger partial charge in [-0.1, -0.05) is 11.2 Å². The molecule has 1 saturated heterocycles. The third-order valence-corrected chi connectivity index (χ3v) is 3.60. The van der Waals surface area contributed by atoms with Crippen LogP contribution >= 0.6 is 0 Å². The number of morpholine rings is 1. The second-order valence-corrected chi connectivity index (χ2v) is 5.05. The largest absolute Gasteiger partial charge is 0.491 e. The second kappa shape index (κ2) is 6.85. The molecule has 1 fully saturated rings. The highest BCUT2D eigenvalue weighted by atomic mass is 19.1. The first-order valence-electron chi connectivity index (χ1n) is 7.27. The van der Waals surface area contributed by atoms with Gasteiger partial charge in [-0.25, -0.2) is 4.39 Å². The Balaban J connectivity index is 1.74. The molecule has 0 aliphatic carbocycles. The van der Waals surface area contributed by atoms with Crippen molar-refractivity contribution < 1.29 is 18.4 Å². The van der Waals surface area contributed by atoms with Crippen LogP contribution in [-0.2, 0) is 11.3 Å². The molecule has 0 saturated carbocycles. The van der Waals surface area contributed by atoms with Crippen LogP contribution in [0.3, 0.4) is 0 Å². The van der Waals surface area contributed by atoms with E-state index < -0.39 is 0 Å². The molecule has 0 bridgehead atoms. The standard InChI is InChI=1S/C15H18FN3O3/c1-2-21-14-4-3-11(7-12(14)16)8-19-5-6-20-9-13(19)15-17-10-22-18-15/h3-4,7,10,13H,2,5-6,8-9H2,1H3. The molecule has 0 radical (unpaired) electrons. The van der Waals surface area contributed by atoms with E-state index in [1.165, 1.54) is 12.5 Å². The molecule has 22 heavy (non-hydrogen) atoms. The summed E-state index contributed by atoms with van der Waals surface area (Å²) in [6.45, 7) is 4.73. The van der Waals surface area contributed by atoms with E-state index in [0.29, 0.717) is 32.2 Å². The summed E-state index contributed by atoms with van der Waals surface area (Å²) in [5.41, 5.74) is 0.872. The van der Waals surface area contributed by atoms with Crippen LogP contribution in [0.25, 0.3) is 0 Å². The number of hydrogen-bond donors (Lipinski definition) is 0. The normalized spacial score (nSPS) is 19.3. The van der Waals surface area contributed by atoms with Crippen LogP contribution in [0.15, 0.2) is 29.1 Å². The average molecular weight is 307 g/mol. The van der Waals surface area contributed by atoms with Gasteiger partial charge >= 0.3 is 0 Å². The van der Waals surface area contributed by atoms with Gasteiger partial charge in [0.05, 0.1) is 25.9 Å². The minimum Gasteiger partial charge on any atom is -0.491 e. The van der Waals surface area contributed by atoms with Crippen LogP contribution in [-0.4, -0.2) is 41.4 Å². The Labute approximate surface area is 127 Å². The maximum atomic E-state index is 14.0. The van der Waals surface area contributed by atoms with E-state index >= 15 is 0 Å². The summed E-state index contributed by atoms with van der Waals surface area (Å²) < 4.78 is 29.5. The summed E-state index contributed by atoms with van der Waals surface area (Å²) in [6, 6.07) is 4.96. The Kier molecular flexibility index (Phi) is 4.65. The molecule has 2 aromatic rings. The lowest BCUT2D eigenvalue weighted by atomic mass is 10.1. The highest BCUT2D eigenvalue weighted by molar-refractivity contribution is 5.29. The predicted octanol–water partition coefficient (Wildman–Crippen LogP) is 2.18. The van der Waals surface area contributed by atoms with Crippen molar-refractivity contribution in [3.8, 4) is 5.75 Å². The molecule has 3 rings (SSSR count). The summed E-state index contributed by atoms with van der Waals surface area (Å²) in [5.74, 6) is 0.526. The average Bonchev–Trinajstić information content (AvgIpc) is 3.05. The number of benzene rings is 1. The van der Waals surface area contributed by atoms with E-state index in [2.05, 4.69) is 15.0 Å². The van der Waals surface area contributed by atoms with Crippen molar-refractivity contribution in [2.75, 3.05) is 26.4 Å². The molecule has 0 amide bonds. The Morgan fingerprint density at radius 2 is 2.36 bits per heavy atom. The van der Waals surface area contributed by atoms with Gasteiger partial charge in [0, 0.05) is 13.1 Å². The molecule has 1 aliphatic heterocycles. The van der Waals surface area contributed by atoms with Crippen molar-refractivity contribution >= 4 is 0 Å². The van der Waals surface area contributed by atoms with E-state index in [1.54, 1.807) is 6.07 Å². The summed E-state index contributed by atoms with van der Waals surface area (Å²) in [7, 11) is 0. The molecule has 1 aromatic carbocycles. The third-order valence-electron chi connectivity index (χ3n) is 3.60. The zero-order valence-corrected chi connectivity index (χ0v) is 12.4. The smallest absolute Gasteiger partial charge is 0.213 e. The summed E-state index contributed by atoms with van der Waals surface area (Å²) in [4.78, 5) is 6.25. The van der Waals surface area contributed by atoms with Crippen LogP contribution in [0.5, 0.6) is 5.75 Å². The molecule has 118 valence electrons. The van der Waals surface area contributed by atoms with E-state index in [9.17, 15) is 4.39 Å². The van der Waals surface area contributed by atoms with Gasteiger partial charge in [-0.15, -0.1) is 0 Å². The molecule has 1 unspecified atom stereocenters. The highest BCUT2D eigenvalue weighted by Crippen LogP contribution is 2.25. The fourth-order valence-electron chi connectivity index (χ4n) is 2.54. The lowest BCUT2D eigenvalue weighted by Gasteiger charge is -2.33. The van der Waals surface area contributed by atoms with Crippen molar-refractivity contribution in [2.45, 2.75) is 19.5 Å². The van der Waals surface area contributed by atoms with Gasteiger partial charge in [0.15, 0.2) is 17.4 Å². The van der Waals surface area contributed by atoms with E-state index in [4.69, 9.17) is 14.0 Å². The second-order valence-electron chi connectivity index (χ2n) is 5.05. The molecule has 2 heterocycles. The fraction of sp³-hybridized carbons (Fsp3) is 0.467. The minimum atomic E-state index is -0.344. The first-order chi connectivity index (χ1) is 10.8. The summed E-state index contributed by atoms with van der Waals surface area (Å²) >= 11 is 0. The van der Waals surface area contributed by atoms with E-state index in [1.807, 2.05) is 13.0 Å². The Morgan fingerprint density at radius 1 is 1.45 bits per heavy atom. The van der Waals surface area contributed by atoms with Gasteiger partial charge in [0.25, 0.3) is 0 Å². The van der Waals surface area contributed by atoms with Crippen molar-refractivity contribution in [2.24, 2.45) is 0 Å². The molecule has 0 spiro atoms. The van der Waals surface area contributed by atoms with Gasteiger partial charge < -0.3 is 14.0 Å². The quantitative estimate of drug-likeness (QED) is 0.844. The van der Waals surface area contributed by atoms with Gasteiger partial charge in [0.1, 0.15) is 0 Å². The number of aromatic nitrogens is 2. The van der Waals surface area contributed by atoms with Crippen molar-refractivity contribution in [3.63, 3.8) is 0 Å². The maximum absolute atomic E-state index is 14.0. The Hall–Kier alpha value is -1.99. The fourth-order valence-corrected chi connectivity index (χ4v) is 2.54. The zero-order chi connectivity index (χ0) is 15.4. The first-order valence-corrected chi connectivity index (χ1v) is 7.27. The van der Waals surface area contributed by atoms with Crippen LogP contribution in [0.4, 0.5) is 4.39 Å². The highest BCUT2D eigenvalue weighted by Gasteiger charge is 2.28. The van der Waals surface area contributed by atoms with Crippen molar-refractivity contribution in [1.82, 2.24) is 15.0 Å². The SMILES string of the molecule is CCOc1ccc(CN2CCOCC2c2ncon2)cc1F. The number of nitrogens with zero attached hydrogens (tertiary/aromatic N) is 3. The van der Waals surface area contributed by atoms with Gasteiger partial charge in [-0.05, 0) is 24.6 Å². The zero-order valence-electron chi connectivity index (χ0n) is 12.4. The number of rotatable bonds is 5. The van der Waals surface area contributed by atoms with Crippen molar-refractivity contribution in [3.05, 3.63) is 41.8 Å². The van der Waals surface area contributed by atoms with Crippen molar-refractivity contribution in [1.29, 1.82) is 0 Å². The molecule has 1 aromatic heterocycles. The number of hydrogen-bond acceptors (Lipinski definition) is 6. The molecular formula is C15H18FN3O3. The number of ether oxygens (including phenoxy) is 2. The van der Waals surface area contributed by atoms with Crippen LogP contribution in [0.1, 0.15) is 24.4 Å². The third kappa shape index (κ3) is 3.26. The summed E-state index contributed by atoms with van der Waals surface area (Å²) in [6.07, 6.45) is 1.30. The molecule has 1 aliphatic rings. The molecule has 0 N–H and O–H groups in total. The lowest BCUT2D eigenvalue weighted by Crippen LogP contribution is -2.39. The van der Waals surface area contributed by atoms with Crippen LogP contribution < -0.4 is 4.74 Å². The first kappa shape index (κ1) is 14.9. The summed E-state index contributed by atoms with van der Waals surface area (Å²) in [5, 5.41) is 3.89. The molecule has 6 nitrogen and oxygen atoms in total. The maximum Gasteiger partial charge on any atom is 0.213 e. The topological polar surface area (TPSA) is 60.6 Å². The van der Waals surface area contributed by atoms with E-state index in [-0.39, 0.29) is 17.6 Å². The number of halogens is 1. The van der Waals surface area contributed by atoms with Gasteiger partial charge in [0.2, 0.25) is 6.39 Å². The van der Waals surface area contributed by atoms with E-state index in [0.717, 1.165) is 12.1 Å². The molecule has 1 atom stereocenters. The van der Waals surface area contributed by atoms with Gasteiger partial charge in [-0.2, -0.15) is 4.98 Å². The molecular weight excluding hydrogens is 289 g/mol. The predicted molar refractivity (Wildman–Crippen MR) is 75.8 cm³/mol. The minimum absolute atomic E-state index is 0.0814. The molecule has 7 heteroatoms.